The molecule has 0 aromatic carbocycles. The predicted octanol–water partition coefficient (Wildman–Crippen LogP) is 3.48. The van der Waals surface area contributed by atoms with Crippen molar-refractivity contribution in [1.29, 1.82) is 0 Å². The van der Waals surface area contributed by atoms with E-state index in [1.807, 2.05) is 25.1 Å². The summed E-state index contributed by atoms with van der Waals surface area (Å²) >= 11 is 1.57. The normalized spacial score (nSPS) is 11.4. The number of nitrogens with zero attached hydrogens (tertiary/aromatic N) is 5. The third-order valence-corrected chi connectivity index (χ3v) is 4.51. The summed E-state index contributed by atoms with van der Waals surface area (Å²) in [6, 6.07) is 5.74. The van der Waals surface area contributed by atoms with Crippen LogP contribution in [0.15, 0.2) is 60.6 Å². The molecule has 6 nitrogen and oxygen atoms in total. The number of nitrogens with two attached hydrogens (primary N) is 1. The minimum atomic E-state index is 0.467. The number of allylic oxidation sites excluding steroid dienone is 1. The largest absolute Gasteiger partial charge is 0.405 e. The van der Waals surface area contributed by atoms with E-state index in [9.17, 15) is 0 Å². The van der Waals surface area contributed by atoms with Crippen molar-refractivity contribution in [2.75, 3.05) is 0 Å². The molecule has 25 heavy (non-hydrogen) atoms. The molecular weight excluding hydrogens is 332 g/mol. The van der Waals surface area contributed by atoms with Gasteiger partial charge in [0.05, 0.1) is 16.3 Å². The topological polar surface area (TPSA) is 89.9 Å². The summed E-state index contributed by atoms with van der Waals surface area (Å²) in [6.45, 7) is 5.85. The maximum atomic E-state index is 5.28. The standard InChI is InChI=1S/C18H16N6S/c1-12-16(25-18(23-12)14-5-3-8-20-11-14)15-6-10-22-17(24-15)13(2)21-9-4-7-19/h3-11H,2,19H2,1H3/b7-4-,21-9-. The molecule has 124 valence electrons. The first-order valence-electron chi connectivity index (χ1n) is 7.50. The number of aliphatic imine (C=N–C) groups is 1. The maximum Gasteiger partial charge on any atom is 0.178 e. The van der Waals surface area contributed by atoms with Crippen LogP contribution in [0, 0.1) is 6.92 Å². The van der Waals surface area contributed by atoms with E-state index >= 15 is 0 Å². The number of pyridine rings is 1. The third kappa shape index (κ3) is 3.84. The van der Waals surface area contributed by atoms with Crippen molar-refractivity contribution in [2.45, 2.75) is 6.92 Å². The Morgan fingerprint density at radius 1 is 1.28 bits per heavy atom. The quantitative estimate of drug-likeness (QED) is 0.713. The number of hydrogen-bond donors (Lipinski definition) is 1. The van der Waals surface area contributed by atoms with E-state index in [2.05, 4.69) is 31.5 Å². The van der Waals surface area contributed by atoms with Crippen molar-refractivity contribution in [2.24, 2.45) is 10.7 Å². The van der Waals surface area contributed by atoms with Crippen LogP contribution < -0.4 is 5.73 Å². The fourth-order valence-corrected chi connectivity index (χ4v) is 3.14. The van der Waals surface area contributed by atoms with Crippen LogP contribution in [-0.2, 0) is 0 Å². The van der Waals surface area contributed by atoms with Crippen molar-refractivity contribution in [3.05, 3.63) is 67.2 Å². The van der Waals surface area contributed by atoms with Gasteiger partial charge in [-0.05, 0) is 37.4 Å². The molecule has 0 aliphatic heterocycles. The van der Waals surface area contributed by atoms with Crippen LogP contribution in [0.5, 0.6) is 0 Å². The van der Waals surface area contributed by atoms with E-state index in [0.29, 0.717) is 11.5 Å². The van der Waals surface area contributed by atoms with E-state index in [1.54, 1.807) is 42.2 Å². The highest BCUT2D eigenvalue weighted by Gasteiger charge is 2.13. The molecular formula is C18H16N6S. The molecule has 7 heteroatoms. The van der Waals surface area contributed by atoms with E-state index in [4.69, 9.17) is 5.73 Å². The third-order valence-electron chi connectivity index (χ3n) is 3.28. The zero-order chi connectivity index (χ0) is 17.6. The lowest BCUT2D eigenvalue weighted by Gasteiger charge is -2.02. The molecule has 3 aromatic heterocycles. The zero-order valence-corrected chi connectivity index (χ0v) is 14.4. The smallest absolute Gasteiger partial charge is 0.178 e. The Morgan fingerprint density at radius 3 is 2.92 bits per heavy atom. The summed E-state index contributed by atoms with van der Waals surface area (Å²) in [7, 11) is 0. The molecule has 0 radical (unpaired) electrons. The molecule has 0 aliphatic carbocycles. The summed E-state index contributed by atoms with van der Waals surface area (Å²) in [6.07, 6.45) is 9.80. The van der Waals surface area contributed by atoms with Crippen molar-refractivity contribution >= 4 is 23.2 Å². The maximum absolute atomic E-state index is 5.28. The fraction of sp³-hybridized carbons (Fsp3) is 0.0556. The van der Waals surface area contributed by atoms with Gasteiger partial charge in [0.15, 0.2) is 5.82 Å². The summed E-state index contributed by atoms with van der Waals surface area (Å²) in [5.74, 6) is 0.467. The van der Waals surface area contributed by atoms with Crippen molar-refractivity contribution < 1.29 is 0 Å². The molecule has 3 aromatic rings. The monoisotopic (exact) mass is 348 g/mol. The number of hydrogen-bond acceptors (Lipinski definition) is 7. The summed E-state index contributed by atoms with van der Waals surface area (Å²) < 4.78 is 0. The average Bonchev–Trinajstić information content (AvgIpc) is 3.04. The molecule has 0 bridgehead atoms. The van der Waals surface area contributed by atoms with Gasteiger partial charge >= 0.3 is 0 Å². The van der Waals surface area contributed by atoms with E-state index in [-0.39, 0.29) is 0 Å². The molecule has 0 amide bonds. The van der Waals surface area contributed by atoms with Gasteiger partial charge < -0.3 is 5.73 Å². The second kappa shape index (κ2) is 7.59. The van der Waals surface area contributed by atoms with Gasteiger partial charge in [-0.25, -0.2) is 15.0 Å². The molecule has 0 saturated carbocycles. The van der Waals surface area contributed by atoms with Gasteiger partial charge in [-0.15, -0.1) is 11.3 Å². The zero-order valence-electron chi connectivity index (χ0n) is 13.6. The second-order valence-corrected chi connectivity index (χ2v) is 6.05. The number of aromatic nitrogens is 4. The Kier molecular flexibility index (Phi) is 5.06. The lowest BCUT2D eigenvalue weighted by atomic mass is 10.3. The van der Waals surface area contributed by atoms with E-state index in [1.165, 1.54) is 6.20 Å². The Morgan fingerprint density at radius 2 is 2.16 bits per heavy atom. The lowest BCUT2D eigenvalue weighted by molar-refractivity contribution is 1.11. The van der Waals surface area contributed by atoms with Crippen LogP contribution in [0.3, 0.4) is 0 Å². The Balaban J connectivity index is 1.94. The highest BCUT2D eigenvalue weighted by molar-refractivity contribution is 7.18. The summed E-state index contributed by atoms with van der Waals surface area (Å²) in [4.78, 5) is 22.7. The van der Waals surface area contributed by atoms with Gasteiger partial charge in [-0.3, -0.25) is 9.98 Å². The van der Waals surface area contributed by atoms with Crippen LogP contribution >= 0.6 is 11.3 Å². The first-order chi connectivity index (χ1) is 12.2. The molecule has 0 spiro atoms. The summed E-state index contributed by atoms with van der Waals surface area (Å²) in [5.41, 5.74) is 8.43. The SMILES string of the molecule is C=C(/N=C\C=C/N)c1nccc(-c2sc(-c3cccnc3)nc2C)n1. The van der Waals surface area contributed by atoms with Crippen LogP contribution in [-0.4, -0.2) is 26.2 Å². The van der Waals surface area contributed by atoms with Gasteiger partial charge in [0.1, 0.15) is 10.7 Å². The van der Waals surface area contributed by atoms with Gasteiger partial charge in [-0.2, -0.15) is 0 Å². The van der Waals surface area contributed by atoms with Gasteiger partial charge in [-0.1, -0.05) is 6.58 Å². The van der Waals surface area contributed by atoms with Gasteiger partial charge in [0, 0.05) is 30.4 Å². The lowest BCUT2D eigenvalue weighted by Crippen LogP contribution is -1.94. The van der Waals surface area contributed by atoms with E-state index < -0.39 is 0 Å². The molecule has 0 saturated heterocycles. The number of aryl methyl sites for hydroxylation is 1. The first-order valence-corrected chi connectivity index (χ1v) is 8.32. The van der Waals surface area contributed by atoms with Crippen molar-refractivity contribution in [1.82, 2.24) is 19.9 Å². The molecule has 2 N–H and O–H groups in total. The predicted molar refractivity (Wildman–Crippen MR) is 102 cm³/mol. The average molecular weight is 348 g/mol. The molecule has 3 heterocycles. The molecule has 0 aliphatic rings. The number of rotatable bonds is 5. The fourth-order valence-electron chi connectivity index (χ4n) is 2.11. The second-order valence-electron chi connectivity index (χ2n) is 5.05. The Hall–Kier alpha value is -3.19. The van der Waals surface area contributed by atoms with Crippen LogP contribution in [0.25, 0.3) is 26.8 Å². The highest BCUT2D eigenvalue weighted by atomic mass is 32.1. The number of thiazole rings is 1. The molecule has 0 unspecified atom stereocenters. The first kappa shape index (κ1) is 16.7. The summed E-state index contributed by atoms with van der Waals surface area (Å²) in [5, 5.41) is 0.908. The molecule has 0 atom stereocenters. The van der Waals surface area contributed by atoms with Crippen LogP contribution in [0.4, 0.5) is 0 Å². The van der Waals surface area contributed by atoms with Gasteiger partial charge in [0.2, 0.25) is 0 Å². The molecule has 3 rings (SSSR count). The van der Waals surface area contributed by atoms with E-state index in [0.717, 1.165) is 26.8 Å². The Labute approximate surface area is 149 Å². The van der Waals surface area contributed by atoms with Crippen LogP contribution in [0.1, 0.15) is 11.5 Å². The Bertz CT molecular complexity index is 943. The highest BCUT2D eigenvalue weighted by Crippen LogP contribution is 2.34. The minimum absolute atomic E-state index is 0.467. The van der Waals surface area contributed by atoms with Crippen molar-refractivity contribution in [3.63, 3.8) is 0 Å². The minimum Gasteiger partial charge on any atom is -0.405 e. The van der Waals surface area contributed by atoms with Crippen molar-refractivity contribution in [3.8, 4) is 21.1 Å². The van der Waals surface area contributed by atoms with Gasteiger partial charge in [0.25, 0.3) is 0 Å². The van der Waals surface area contributed by atoms with Crippen LogP contribution in [0.2, 0.25) is 0 Å². The molecule has 0 fully saturated rings.